The van der Waals surface area contributed by atoms with E-state index in [1.807, 2.05) is 26.0 Å². The highest BCUT2D eigenvalue weighted by Gasteiger charge is 2.38. The van der Waals surface area contributed by atoms with Gasteiger partial charge in [-0.3, -0.25) is 29.0 Å². The van der Waals surface area contributed by atoms with Gasteiger partial charge in [-0.1, -0.05) is 24.3 Å². The van der Waals surface area contributed by atoms with Gasteiger partial charge in [0.15, 0.2) is 16.7 Å². The van der Waals surface area contributed by atoms with Crippen LogP contribution in [-0.4, -0.2) is 51.4 Å². The van der Waals surface area contributed by atoms with Crippen LogP contribution in [0.2, 0.25) is 0 Å². The first-order valence-electron chi connectivity index (χ1n) is 10.7. The van der Waals surface area contributed by atoms with Crippen LogP contribution in [0, 0.1) is 0 Å². The number of fused-ring (bicyclic) bond motifs is 2. The van der Waals surface area contributed by atoms with Crippen molar-refractivity contribution in [2.45, 2.75) is 13.8 Å². The zero-order chi connectivity index (χ0) is 24.1. The molecule has 1 saturated heterocycles. The summed E-state index contributed by atoms with van der Waals surface area (Å²) in [6.45, 7) is 4.41. The highest BCUT2D eigenvalue weighted by molar-refractivity contribution is 7.80. The van der Waals surface area contributed by atoms with Gasteiger partial charge in [0.1, 0.15) is 5.57 Å². The molecule has 3 heterocycles. The van der Waals surface area contributed by atoms with Crippen LogP contribution in [0.15, 0.2) is 47.5 Å². The van der Waals surface area contributed by atoms with E-state index in [0.29, 0.717) is 24.2 Å². The van der Waals surface area contributed by atoms with E-state index in [2.05, 4.69) is 0 Å². The summed E-state index contributed by atoms with van der Waals surface area (Å²) < 4.78 is 1.90. The minimum Gasteiger partial charge on any atom is -0.288 e. The van der Waals surface area contributed by atoms with Crippen molar-refractivity contribution in [1.29, 1.82) is 0 Å². The largest absolute Gasteiger partial charge is 0.288 e. The summed E-state index contributed by atoms with van der Waals surface area (Å²) >= 11 is 8.20. The maximum Gasteiger partial charge on any atom is 0.265 e. The third-order valence-electron chi connectivity index (χ3n) is 5.77. The maximum atomic E-state index is 12.9. The number of rotatable bonds is 4. The highest BCUT2D eigenvalue weighted by Crippen LogP contribution is 2.37. The van der Waals surface area contributed by atoms with Crippen molar-refractivity contribution < 1.29 is 19.2 Å². The molecule has 2 aromatic heterocycles. The molecule has 0 bridgehead atoms. The number of likely N-dealkylation sites (N-methyl/N-ethyl adjacent to an activating group) is 2. The molecular formula is C25H18N2O4S3. The van der Waals surface area contributed by atoms with Gasteiger partial charge in [-0.15, -0.1) is 22.7 Å². The molecule has 6 nitrogen and oxygen atoms in total. The topological polar surface area (TPSA) is 74.8 Å². The molecule has 9 heteroatoms. The van der Waals surface area contributed by atoms with Gasteiger partial charge in [0.2, 0.25) is 0 Å². The van der Waals surface area contributed by atoms with E-state index in [0.717, 1.165) is 19.2 Å². The van der Waals surface area contributed by atoms with Gasteiger partial charge in [-0.2, -0.15) is 0 Å². The molecule has 0 spiro atoms. The summed E-state index contributed by atoms with van der Waals surface area (Å²) in [5.74, 6) is -1.28. The van der Waals surface area contributed by atoms with Crippen LogP contribution in [0.3, 0.4) is 0 Å². The number of Topliss-reactive ketones (excluding diaryl/α,β-unsaturated/α-hetero) is 2. The van der Waals surface area contributed by atoms with Gasteiger partial charge < -0.3 is 0 Å². The van der Waals surface area contributed by atoms with Gasteiger partial charge in [-0.05, 0) is 50.4 Å². The van der Waals surface area contributed by atoms with Crippen molar-refractivity contribution in [3.63, 3.8) is 0 Å². The lowest BCUT2D eigenvalue weighted by atomic mass is 10.1. The molecular weight excluding hydrogens is 488 g/mol. The second-order valence-electron chi connectivity index (χ2n) is 7.73. The number of carbonyl (C=O) groups is 4. The molecule has 170 valence electrons. The first-order valence-corrected chi connectivity index (χ1v) is 12.7. The summed E-state index contributed by atoms with van der Waals surface area (Å²) in [4.78, 5) is 55.5. The van der Waals surface area contributed by atoms with Crippen LogP contribution < -0.4 is 0 Å². The van der Waals surface area contributed by atoms with Crippen LogP contribution in [0.1, 0.15) is 44.3 Å². The number of ketones is 2. The fourth-order valence-corrected chi connectivity index (χ4v) is 6.82. The number of thiophene rings is 2. The van der Waals surface area contributed by atoms with Crippen molar-refractivity contribution in [3.8, 4) is 0 Å². The van der Waals surface area contributed by atoms with Crippen molar-refractivity contribution in [3.05, 3.63) is 68.4 Å². The molecule has 1 aromatic carbocycles. The van der Waals surface area contributed by atoms with E-state index in [1.165, 1.54) is 32.5 Å². The van der Waals surface area contributed by atoms with Crippen molar-refractivity contribution in [2.75, 3.05) is 13.1 Å². The van der Waals surface area contributed by atoms with Crippen LogP contribution >= 0.6 is 34.9 Å². The van der Waals surface area contributed by atoms with Gasteiger partial charge in [0.05, 0.1) is 5.57 Å². The molecule has 1 fully saturated rings. The van der Waals surface area contributed by atoms with Crippen LogP contribution in [0.4, 0.5) is 0 Å². The van der Waals surface area contributed by atoms with E-state index in [-0.39, 0.29) is 39.6 Å². The normalized spacial score (nSPS) is 16.2. The Hall–Kier alpha value is -3.27. The zero-order valence-electron chi connectivity index (χ0n) is 18.3. The van der Waals surface area contributed by atoms with Gasteiger partial charge in [0, 0.05) is 43.4 Å². The van der Waals surface area contributed by atoms with E-state index in [4.69, 9.17) is 12.2 Å². The third-order valence-corrected chi connectivity index (χ3v) is 8.40. The Kier molecular flexibility index (Phi) is 5.63. The van der Waals surface area contributed by atoms with Crippen LogP contribution in [0.25, 0.3) is 21.6 Å². The first-order chi connectivity index (χ1) is 16.3. The zero-order valence-corrected chi connectivity index (χ0v) is 20.7. The molecule has 0 radical (unpaired) electrons. The molecule has 34 heavy (non-hydrogen) atoms. The Bertz CT molecular complexity index is 1390. The number of hydrogen-bond acceptors (Lipinski definition) is 7. The molecule has 0 saturated carbocycles. The molecule has 1 aliphatic carbocycles. The lowest BCUT2D eigenvalue weighted by molar-refractivity contribution is -0.133. The number of amides is 2. The van der Waals surface area contributed by atoms with Crippen molar-refractivity contribution in [2.24, 2.45) is 0 Å². The standard InChI is InChI=1S/C25H18N2O4S3/c1-3-26-23(30)18(24(31)27(4-2)25(26)32)10-14-12-20-19(34-14)11-13(33-20)9-17-21(28)15-7-5-6-8-16(15)22(17)29/h5-12H,3-4H2,1-2H3. The van der Waals surface area contributed by atoms with E-state index < -0.39 is 0 Å². The summed E-state index contributed by atoms with van der Waals surface area (Å²) in [6.07, 6.45) is 3.27. The lowest BCUT2D eigenvalue weighted by Gasteiger charge is -2.35. The quantitative estimate of drug-likeness (QED) is 0.289. The number of thiocarbonyl (C=S) groups is 1. The molecule has 1 aliphatic heterocycles. The molecule has 3 aromatic rings. The summed E-state index contributed by atoms with van der Waals surface area (Å²) in [5.41, 5.74) is 1.14. The van der Waals surface area contributed by atoms with Gasteiger partial charge in [-0.25, -0.2) is 0 Å². The van der Waals surface area contributed by atoms with Crippen molar-refractivity contribution in [1.82, 2.24) is 9.80 Å². The number of hydrogen-bond donors (Lipinski definition) is 0. The summed E-state index contributed by atoms with van der Waals surface area (Å²) in [6, 6.07) is 10.7. The number of carbonyl (C=O) groups excluding carboxylic acids is 4. The monoisotopic (exact) mass is 506 g/mol. The highest BCUT2D eigenvalue weighted by atomic mass is 32.1. The van der Waals surface area contributed by atoms with E-state index in [9.17, 15) is 19.2 Å². The second kappa shape index (κ2) is 8.50. The Morgan fingerprint density at radius 1 is 0.765 bits per heavy atom. The lowest BCUT2D eigenvalue weighted by Crippen LogP contribution is -2.55. The fourth-order valence-electron chi connectivity index (χ4n) is 4.09. The molecule has 2 amide bonds. The SMILES string of the molecule is CCN1C(=O)C(=Cc2cc3sc(C=C4C(=O)c5ccccc5C4=O)cc3s2)C(=O)N(CC)C1=S. The molecule has 0 unspecified atom stereocenters. The fraction of sp³-hybridized carbons (Fsp3) is 0.160. The van der Waals surface area contributed by atoms with E-state index in [1.54, 1.807) is 36.4 Å². The second-order valence-corrected chi connectivity index (χ2v) is 10.3. The number of allylic oxidation sites excluding steroid dienone is 1. The molecule has 2 aliphatic rings. The Morgan fingerprint density at radius 3 is 1.65 bits per heavy atom. The Balaban J connectivity index is 1.46. The number of benzene rings is 1. The number of nitrogens with zero attached hydrogens (tertiary/aromatic N) is 2. The first kappa shape index (κ1) is 22.5. The Morgan fingerprint density at radius 2 is 1.21 bits per heavy atom. The third kappa shape index (κ3) is 3.48. The minimum atomic E-state index is -0.387. The summed E-state index contributed by atoms with van der Waals surface area (Å²) in [7, 11) is 0. The Labute approximate surface area is 208 Å². The van der Waals surface area contributed by atoms with Crippen LogP contribution in [-0.2, 0) is 9.59 Å². The van der Waals surface area contributed by atoms with Gasteiger partial charge >= 0.3 is 0 Å². The smallest absolute Gasteiger partial charge is 0.265 e. The maximum absolute atomic E-state index is 12.9. The average Bonchev–Trinajstić information content (AvgIpc) is 3.44. The predicted molar refractivity (Wildman–Crippen MR) is 138 cm³/mol. The predicted octanol–water partition coefficient (Wildman–Crippen LogP) is 4.80. The summed E-state index contributed by atoms with van der Waals surface area (Å²) in [5, 5.41) is 0.236. The van der Waals surface area contributed by atoms with E-state index >= 15 is 0 Å². The molecule has 0 atom stereocenters. The minimum absolute atomic E-state index is 0.0912. The average molecular weight is 507 g/mol. The molecule has 0 N–H and O–H groups in total. The molecule has 5 rings (SSSR count). The van der Waals surface area contributed by atoms with Crippen molar-refractivity contribution >= 4 is 84.9 Å². The van der Waals surface area contributed by atoms with Crippen LogP contribution in [0.5, 0.6) is 0 Å². The van der Waals surface area contributed by atoms with Gasteiger partial charge in [0.25, 0.3) is 11.8 Å².